The smallest absolute Gasteiger partial charge is 0.0350 e. The van der Waals surface area contributed by atoms with Crippen LogP contribution in [0.15, 0.2) is 0 Å². The Morgan fingerprint density at radius 3 is 2.67 bits per heavy atom. The molecule has 0 aromatic carbocycles. The second-order valence-corrected chi connectivity index (χ2v) is 6.48. The molecule has 3 nitrogen and oxygen atoms in total. The van der Waals surface area contributed by atoms with Crippen LogP contribution in [-0.2, 0) is 0 Å². The summed E-state index contributed by atoms with van der Waals surface area (Å²) in [6, 6.07) is 1.49. The van der Waals surface area contributed by atoms with E-state index in [2.05, 4.69) is 30.7 Å². The van der Waals surface area contributed by atoms with Crippen LogP contribution in [0.4, 0.5) is 0 Å². The maximum Gasteiger partial charge on any atom is 0.0350 e. The molecule has 0 spiro atoms. The van der Waals surface area contributed by atoms with E-state index in [0.717, 1.165) is 18.6 Å². The lowest BCUT2D eigenvalue weighted by atomic mass is 9.86. The lowest BCUT2D eigenvalue weighted by Gasteiger charge is -2.46. The van der Waals surface area contributed by atoms with Crippen molar-refractivity contribution in [2.75, 3.05) is 26.7 Å². The summed E-state index contributed by atoms with van der Waals surface area (Å²) in [6.07, 6.45) is 7.84. The van der Waals surface area contributed by atoms with Crippen LogP contribution in [0.2, 0.25) is 0 Å². The molecule has 0 aliphatic carbocycles. The summed E-state index contributed by atoms with van der Waals surface area (Å²) in [6.45, 7) is 8.02. The van der Waals surface area contributed by atoms with Gasteiger partial charge in [0.05, 0.1) is 0 Å². The Balaban J connectivity index is 2.19. The molecule has 2 aliphatic heterocycles. The van der Waals surface area contributed by atoms with E-state index in [4.69, 9.17) is 5.73 Å². The van der Waals surface area contributed by atoms with Crippen molar-refractivity contribution in [1.82, 2.24) is 9.80 Å². The van der Waals surface area contributed by atoms with Crippen LogP contribution in [0, 0.1) is 0 Å². The lowest BCUT2D eigenvalue weighted by Crippen LogP contribution is -2.58. The molecular weight excluding hydrogens is 222 g/mol. The fourth-order valence-electron chi connectivity index (χ4n) is 4.21. The van der Waals surface area contributed by atoms with E-state index in [1.165, 1.54) is 51.6 Å². The van der Waals surface area contributed by atoms with Crippen LogP contribution < -0.4 is 5.73 Å². The highest BCUT2D eigenvalue weighted by Crippen LogP contribution is 2.38. The molecule has 0 saturated carbocycles. The van der Waals surface area contributed by atoms with Gasteiger partial charge in [-0.3, -0.25) is 4.90 Å². The first kappa shape index (κ1) is 14.3. The predicted molar refractivity (Wildman–Crippen MR) is 77.7 cm³/mol. The minimum atomic E-state index is 0.279. The van der Waals surface area contributed by atoms with Crippen LogP contribution >= 0.6 is 0 Å². The summed E-state index contributed by atoms with van der Waals surface area (Å²) in [7, 11) is 2.25. The SMILES string of the molecule is CCC1CCC(C)N1C1(CN)CCCN(C)CC1. The maximum absolute atomic E-state index is 6.25. The number of nitrogens with zero attached hydrogens (tertiary/aromatic N) is 2. The van der Waals surface area contributed by atoms with E-state index in [-0.39, 0.29) is 5.54 Å². The van der Waals surface area contributed by atoms with Gasteiger partial charge in [-0.05, 0) is 65.6 Å². The van der Waals surface area contributed by atoms with Crippen LogP contribution in [0.25, 0.3) is 0 Å². The average molecular weight is 253 g/mol. The second kappa shape index (κ2) is 5.89. The fourth-order valence-corrected chi connectivity index (χ4v) is 4.21. The summed E-state index contributed by atoms with van der Waals surface area (Å²) in [5.41, 5.74) is 6.53. The van der Waals surface area contributed by atoms with Crippen LogP contribution in [0.5, 0.6) is 0 Å². The van der Waals surface area contributed by atoms with Crippen LogP contribution in [0.3, 0.4) is 0 Å². The number of likely N-dealkylation sites (tertiary alicyclic amines) is 2. The Morgan fingerprint density at radius 1 is 1.22 bits per heavy atom. The Labute approximate surface area is 113 Å². The van der Waals surface area contributed by atoms with E-state index >= 15 is 0 Å². The Hall–Kier alpha value is -0.120. The van der Waals surface area contributed by atoms with Gasteiger partial charge < -0.3 is 10.6 Å². The number of hydrogen-bond acceptors (Lipinski definition) is 3. The third kappa shape index (κ3) is 2.59. The van der Waals surface area contributed by atoms with Gasteiger partial charge in [-0.1, -0.05) is 6.92 Å². The van der Waals surface area contributed by atoms with Crippen molar-refractivity contribution in [2.24, 2.45) is 5.73 Å². The van der Waals surface area contributed by atoms with Gasteiger partial charge in [0.1, 0.15) is 0 Å². The van der Waals surface area contributed by atoms with Crippen LogP contribution in [0.1, 0.15) is 52.4 Å². The highest BCUT2D eigenvalue weighted by molar-refractivity contribution is 5.01. The average Bonchev–Trinajstić information content (AvgIpc) is 2.65. The first-order valence-electron chi connectivity index (χ1n) is 7.80. The molecule has 2 fully saturated rings. The molecule has 106 valence electrons. The third-order valence-electron chi connectivity index (χ3n) is 5.33. The van der Waals surface area contributed by atoms with Gasteiger partial charge in [-0.2, -0.15) is 0 Å². The predicted octanol–water partition coefficient (Wildman–Crippen LogP) is 2.06. The molecule has 18 heavy (non-hydrogen) atoms. The second-order valence-electron chi connectivity index (χ2n) is 6.48. The molecule has 0 aromatic rings. The highest BCUT2D eigenvalue weighted by Gasteiger charge is 2.44. The molecule has 3 unspecified atom stereocenters. The third-order valence-corrected chi connectivity index (χ3v) is 5.33. The zero-order valence-corrected chi connectivity index (χ0v) is 12.5. The maximum atomic E-state index is 6.25. The topological polar surface area (TPSA) is 32.5 Å². The molecule has 2 aliphatic rings. The van der Waals surface area contributed by atoms with Crippen molar-refractivity contribution < 1.29 is 0 Å². The first-order valence-corrected chi connectivity index (χ1v) is 7.80. The van der Waals surface area contributed by atoms with E-state index in [9.17, 15) is 0 Å². The van der Waals surface area contributed by atoms with E-state index in [1.807, 2.05) is 0 Å². The van der Waals surface area contributed by atoms with E-state index in [0.29, 0.717) is 0 Å². The van der Waals surface area contributed by atoms with Gasteiger partial charge >= 0.3 is 0 Å². The van der Waals surface area contributed by atoms with Gasteiger partial charge in [0.2, 0.25) is 0 Å². The number of rotatable bonds is 3. The van der Waals surface area contributed by atoms with Crippen molar-refractivity contribution in [3.8, 4) is 0 Å². The highest BCUT2D eigenvalue weighted by atomic mass is 15.3. The Kier molecular flexibility index (Phi) is 4.68. The van der Waals surface area contributed by atoms with Gasteiger partial charge in [-0.25, -0.2) is 0 Å². The normalized spacial score (nSPS) is 40.0. The molecule has 0 bridgehead atoms. The Bertz CT molecular complexity index is 268. The van der Waals surface area contributed by atoms with Crippen molar-refractivity contribution in [1.29, 1.82) is 0 Å². The Morgan fingerprint density at radius 2 is 2.00 bits per heavy atom. The van der Waals surface area contributed by atoms with Crippen molar-refractivity contribution in [3.63, 3.8) is 0 Å². The minimum Gasteiger partial charge on any atom is -0.329 e. The molecule has 2 heterocycles. The number of nitrogens with two attached hydrogens (primary N) is 1. The van der Waals surface area contributed by atoms with Gasteiger partial charge in [0, 0.05) is 24.2 Å². The number of hydrogen-bond donors (Lipinski definition) is 1. The minimum absolute atomic E-state index is 0.279. The zero-order chi connectivity index (χ0) is 13.2. The van der Waals surface area contributed by atoms with Gasteiger partial charge in [0.15, 0.2) is 0 Å². The summed E-state index contributed by atoms with van der Waals surface area (Å²) in [5.74, 6) is 0. The van der Waals surface area contributed by atoms with E-state index in [1.54, 1.807) is 0 Å². The van der Waals surface area contributed by atoms with Crippen molar-refractivity contribution >= 4 is 0 Å². The van der Waals surface area contributed by atoms with Gasteiger partial charge in [-0.15, -0.1) is 0 Å². The molecule has 2 saturated heterocycles. The lowest BCUT2D eigenvalue weighted by molar-refractivity contribution is 0.0339. The van der Waals surface area contributed by atoms with Crippen molar-refractivity contribution in [2.45, 2.75) is 70.0 Å². The molecule has 3 atom stereocenters. The summed E-state index contributed by atoms with van der Waals surface area (Å²) < 4.78 is 0. The standard InChI is InChI=1S/C15H31N3/c1-4-14-7-6-13(2)18(14)15(12-16)8-5-10-17(3)11-9-15/h13-14H,4-12,16H2,1-3H3. The summed E-state index contributed by atoms with van der Waals surface area (Å²) >= 11 is 0. The molecule has 2 N–H and O–H groups in total. The molecule has 3 heteroatoms. The first-order chi connectivity index (χ1) is 8.63. The molecule has 2 rings (SSSR count). The molecule has 0 radical (unpaired) electrons. The van der Waals surface area contributed by atoms with E-state index < -0.39 is 0 Å². The zero-order valence-electron chi connectivity index (χ0n) is 12.5. The van der Waals surface area contributed by atoms with Gasteiger partial charge in [0.25, 0.3) is 0 Å². The quantitative estimate of drug-likeness (QED) is 0.835. The fraction of sp³-hybridized carbons (Fsp3) is 1.00. The summed E-state index contributed by atoms with van der Waals surface area (Å²) in [4.78, 5) is 5.28. The molecular formula is C15H31N3. The monoisotopic (exact) mass is 253 g/mol. The molecule has 0 aromatic heterocycles. The van der Waals surface area contributed by atoms with Crippen LogP contribution in [-0.4, -0.2) is 54.1 Å². The molecule has 0 amide bonds. The summed E-state index contributed by atoms with van der Waals surface area (Å²) in [5, 5.41) is 0. The largest absolute Gasteiger partial charge is 0.329 e. The van der Waals surface area contributed by atoms with Crippen molar-refractivity contribution in [3.05, 3.63) is 0 Å².